The van der Waals surface area contributed by atoms with Crippen LogP contribution in [-0.4, -0.2) is 42.4 Å². The second-order valence-corrected chi connectivity index (χ2v) is 11.0. The second kappa shape index (κ2) is 9.64. The number of nitrogens with one attached hydrogen (secondary N) is 1. The van der Waals surface area contributed by atoms with Gasteiger partial charge in [0.1, 0.15) is 16.9 Å². The number of anilines is 1. The van der Waals surface area contributed by atoms with Gasteiger partial charge in [-0.05, 0) is 67.4 Å². The highest BCUT2D eigenvalue weighted by molar-refractivity contribution is 9.10. The number of aliphatic carboxylic acids is 1. The Bertz CT molecular complexity index is 1570. The summed E-state index contributed by atoms with van der Waals surface area (Å²) in [5, 5.41) is 22.2. The van der Waals surface area contributed by atoms with Crippen LogP contribution < -0.4 is 5.32 Å². The molecule has 2 N–H and O–H groups in total. The number of pyridine rings is 1. The fourth-order valence-corrected chi connectivity index (χ4v) is 5.85. The summed E-state index contributed by atoms with van der Waals surface area (Å²) in [5.74, 6) is -0.861. The number of hydrogen-bond donors (Lipinski definition) is 2. The first-order valence-electron chi connectivity index (χ1n) is 11.5. The Balaban J connectivity index is 1.58. The summed E-state index contributed by atoms with van der Waals surface area (Å²) in [6.07, 6.45) is 3.12. The van der Waals surface area contributed by atoms with Gasteiger partial charge in [-0.25, -0.2) is 0 Å². The number of benzene rings is 1. The SMILES string of the molecule is Cc1sc2c(c1C)C(c1ccc(NC(=O)c3cncc(Br)c3)cc1)=NC([C@H](C)C(=O)O)c1nnc(C)n1-2. The molecule has 0 aliphatic carbocycles. The van der Waals surface area contributed by atoms with Crippen molar-refractivity contribution in [3.63, 3.8) is 0 Å². The van der Waals surface area contributed by atoms with E-state index in [2.05, 4.69) is 43.4 Å². The van der Waals surface area contributed by atoms with Gasteiger partial charge in [0.2, 0.25) is 0 Å². The molecule has 5 rings (SSSR count). The third-order valence-corrected chi connectivity index (χ3v) is 8.06. The Labute approximate surface area is 225 Å². The summed E-state index contributed by atoms with van der Waals surface area (Å²) in [4.78, 5) is 34.8. The molecule has 0 spiro atoms. The van der Waals surface area contributed by atoms with Crippen LogP contribution >= 0.6 is 27.3 Å². The largest absolute Gasteiger partial charge is 0.481 e. The lowest BCUT2D eigenvalue weighted by Gasteiger charge is -2.16. The molecule has 4 heterocycles. The number of nitrogens with zero attached hydrogens (tertiary/aromatic N) is 5. The molecule has 37 heavy (non-hydrogen) atoms. The van der Waals surface area contributed by atoms with E-state index in [1.807, 2.05) is 30.5 Å². The molecular weight excluding hydrogens is 556 g/mol. The molecule has 0 fully saturated rings. The highest BCUT2D eigenvalue weighted by Crippen LogP contribution is 2.40. The van der Waals surface area contributed by atoms with Crippen LogP contribution in [0.15, 0.2) is 52.2 Å². The van der Waals surface area contributed by atoms with Crippen molar-refractivity contribution in [3.05, 3.63) is 86.0 Å². The molecule has 11 heteroatoms. The monoisotopic (exact) mass is 578 g/mol. The lowest BCUT2D eigenvalue weighted by atomic mass is 9.98. The molecule has 1 aliphatic heterocycles. The molecule has 0 bridgehead atoms. The van der Waals surface area contributed by atoms with Crippen molar-refractivity contribution in [2.45, 2.75) is 33.7 Å². The van der Waals surface area contributed by atoms with E-state index in [9.17, 15) is 14.7 Å². The average molecular weight is 579 g/mol. The number of rotatable bonds is 5. The number of fused-ring (bicyclic) bond motifs is 3. The van der Waals surface area contributed by atoms with Gasteiger partial charge in [0, 0.05) is 38.6 Å². The van der Waals surface area contributed by atoms with E-state index in [0.29, 0.717) is 28.6 Å². The zero-order chi connectivity index (χ0) is 26.4. The van der Waals surface area contributed by atoms with Gasteiger partial charge >= 0.3 is 5.97 Å². The first-order valence-corrected chi connectivity index (χ1v) is 13.1. The molecule has 2 atom stereocenters. The molecule has 3 aromatic heterocycles. The molecule has 1 amide bonds. The maximum atomic E-state index is 12.7. The number of carboxylic acid groups (broad SMARTS) is 1. The van der Waals surface area contributed by atoms with Crippen molar-refractivity contribution in [2.24, 2.45) is 10.9 Å². The van der Waals surface area contributed by atoms with Crippen molar-refractivity contribution in [1.82, 2.24) is 19.7 Å². The van der Waals surface area contributed by atoms with Gasteiger partial charge in [-0.15, -0.1) is 21.5 Å². The predicted octanol–water partition coefficient (Wildman–Crippen LogP) is 5.28. The molecule has 0 radical (unpaired) electrons. The number of halogens is 1. The first kappa shape index (κ1) is 25.0. The lowest BCUT2D eigenvalue weighted by Crippen LogP contribution is -2.21. The summed E-state index contributed by atoms with van der Waals surface area (Å²) in [5.41, 5.74) is 4.55. The van der Waals surface area contributed by atoms with E-state index in [-0.39, 0.29) is 5.91 Å². The molecule has 9 nitrogen and oxygen atoms in total. The fraction of sp³-hybridized carbons (Fsp3) is 0.231. The minimum Gasteiger partial charge on any atom is -0.481 e. The summed E-state index contributed by atoms with van der Waals surface area (Å²) < 4.78 is 2.65. The molecule has 4 aromatic rings. The normalized spacial score (nSPS) is 15.3. The molecule has 1 unspecified atom stereocenters. The Hall–Kier alpha value is -3.70. The van der Waals surface area contributed by atoms with Crippen LogP contribution in [-0.2, 0) is 4.79 Å². The van der Waals surface area contributed by atoms with Gasteiger partial charge in [0.15, 0.2) is 5.82 Å². The number of carbonyl (C=O) groups excluding carboxylic acids is 1. The van der Waals surface area contributed by atoms with Gasteiger partial charge in [-0.1, -0.05) is 12.1 Å². The highest BCUT2D eigenvalue weighted by atomic mass is 79.9. The molecule has 0 saturated carbocycles. The molecule has 1 aliphatic rings. The van der Waals surface area contributed by atoms with Gasteiger partial charge < -0.3 is 10.4 Å². The zero-order valence-corrected chi connectivity index (χ0v) is 22.9. The number of aromatic nitrogens is 4. The van der Waals surface area contributed by atoms with Crippen molar-refractivity contribution in [2.75, 3.05) is 5.32 Å². The van der Waals surface area contributed by atoms with Crippen LogP contribution in [0.1, 0.15) is 56.5 Å². The number of carboxylic acids is 1. The highest BCUT2D eigenvalue weighted by Gasteiger charge is 2.36. The number of hydrogen-bond acceptors (Lipinski definition) is 7. The van der Waals surface area contributed by atoms with Crippen LogP contribution in [0, 0.1) is 26.7 Å². The quantitative estimate of drug-likeness (QED) is 0.332. The number of aliphatic imine (C=N–C) groups is 1. The minimum absolute atomic E-state index is 0.274. The fourth-order valence-electron chi connectivity index (χ4n) is 4.27. The van der Waals surface area contributed by atoms with E-state index < -0.39 is 17.9 Å². The summed E-state index contributed by atoms with van der Waals surface area (Å²) in [6, 6.07) is 8.35. The van der Waals surface area contributed by atoms with Crippen LogP contribution in [0.2, 0.25) is 0 Å². The number of carbonyl (C=O) groups is 2. The van der Waals surface area contributed by atoms with E-state index >= 15 is 0 Å². The van der Waals surface area contributed by atoms with Gasteiger partial charge in [0.05, 0.1) is 17.2 Å². The van der Waals surface area contributed by atoms with Crippen molar-refractivity contribution in [1.29, 1.82) is 0 Å². The third kappa shape index (κ3) is 4.49. The Morgan fingerprint density at radius 1 is 1.14 bits per heavy atom. The number of amides is 1. The maximum absolute atomic E-state index is 12.7. The lowest BCUT2D eigenvalue weighted by molar-refractivity contribution is -0.141. The summed E-state index contributed by atoms with van der Waals surface area (Å²) in [7, 11) is 0. The Morgan fingerprint density at radius 2 is 1.86 bits per heavy atom. The summed E-state index contributed by atoms with van der Waals surface area (Å²) >= 11 is 4.94. The average Bonchev–Trinajstić information content (AvgIpc) is 3.34. The minimum atomic E-state index is -0.960. The van der Waals surface area contributed by atoms with Crippen LogP contribution in [0.25, 0.3) is 5.00 Å². The first-order chi connectivity index (χ1) is 17.7. The number of aryl methyl sites for hydroxylation is 2. The molecule has 0 saturated heterocycles. The van der Waals surface area contributed by atoms with Gasteiger partial charge in [-0.3, -0.25) is 24.1 Å². The summed E-state index contributed by atoms with van der Waals surface area (Å²) in [6.45, 7) is 7.59. The second-order valence-electron chi connectivity index (χ2n) is 8.88. The van der Waals surface area contributed by atoms with Crippen molar-refractivity contribution in [3.8, 4) is 5.00 Å². The predicted molar refractivity (Wildman–Crippen MR) is 145 cm³/mol. The van der Waals surface area contributed by atoms with Crippen LogP contribution in [0.5, 0.6) is 0 Å². The third-order valence-electron chi connectivity index (χ3n) is 6.44. The molecule has 1 aromatic carbocycles. The Morgan fingerprint density at radius 3 is 2.54 bits per heavy atom. The standard InChI is InChI=1S/C26H23BrN6O3S/c1-12-14(3)37-25-20(12)22(30-21(13(2)26(35)36)23-32-31-15(4)33(23)25)16-5-7-19(8-6-16)29-24(34)17-9-18(27)11-28-10-17/h5-11,13,21H,1-4H3,(H,29,34)(H,35,36)/t13-,21?/m0/s1. The van der Waals surface area contributed by atoms with E-state index in [0.717, 1.165) is 31.0 Å². The topological polar surface area (TPSA) is 122 Å². The van der Waals surface area contributed by atoms with Crippen LogP contribution in [0.3, 0.4) is 0 Å². The van der Waals surface area contributed by atoms with Crippen molar-refractivity contribution < 1.29 is 14.7 Å². The van der Waals surface area contributed by atoms with Gasteiger partial charge in [0.25, 0.3) is 5.91 Å². The number of thiophene rings is 1. The van der Waals surface area contributed by atoms with E-state index in [4.69, 9.17) is 4.99 Å². The molecular formula is C26H23BrN6O3S. The Kier molecular flexibility index (Phi) is 6.50. The van der Waals surface area contributed by atoms with E-state index in [1.54, 1.807) is 42.7 Å². The van der Waals surface area contributed by atoms with Crippen molar-refractivity contribution >= 4 is 50.5 Å². The van der Waals surface area contributed by atoms with Crippen LogP contribution in [0.4, 0.5) is 5.69 Å². The molecule has 188 valence electrons. The zero-order valence-electron chi connectivity index (χ0n) is 20.5. The van der Waals surface area contributed by atoms with Gasteiger partial charge in [-0.2, -0.15) is 0 Å². The smallest absolute Gasteiger partial charge is 0.308 e. The maximum Gasteiger partial charge on any atom is 0.308 e. The van der Waals surface area contributed by atoms with E-state index in [1.165, 1.54) is 6.20 Å².